The van der Waals surface area contributed by atoms with Crippen molar-refractivity contribution in [1.29, 1.82) is 0 Å². The van der Waals surface area contributed by atoms with Gasteiger partial charge in [0.1, 0.15) is 0 Å². The highest BCUT2D eigenvalue weighted by atomic mass is 79.9. The molecule has 3 nitrogen and oxygen atoms in total. The SMILES string of the molecule is CCn1ncc(C(C)N)c1-c1cccc(Br)c1. The molecule has 4 heteroatoms. The summed E-state index contributed by atoms with van der Waals surface area (Å²) in [5, 5.41) is 4.38. The van der Waals surface area contributed by atoms with Crippen LogP contribution in [-0.2, 0) is 6.54 Å². The van der Waals surface area contributed by atoms with Gasteiger partial charge in [-0.1, -0.05) is 28.1 Å². The van der Waals surface area contributed by atoms with Gasteiger partial charge in [-0.15, -0.1) is 0 Å². The molecule has 1 aromatic heterocycles. The van der Waals surface area contributed by atoms with Gasteiger partial charge in [0.15, 0.2) is 0 Å². The Kier molecular flexibility index (Phi) is 3.64. The first-order valence-electron chi connectivity index (χ1n) is 5.70. The van der Waals surface area contributed by atoms with Gasteiger partial charge in [-0.3, -0.25) is 4.68 Å². The third-order valence-corrected chi connectivity index (χ3v) is 3.25. The zero-order valence-electron chi connectivity index (χ0n) is 10.0. The smallest absolute Gasteiger partial charge is 0.0730 e. The molecule has 0 saturated carbocycles. The molecule has 1 atom stereocenters. The molecular formula is C13H16BrN3. The lowest BCUT2D eigenvalue weighted by Gasteiger charge is -2.10. The average molecular weight is 294 g/mol. The Morgan fingerprint density at radius 2 is 2.24 bits per heavy atom. The van der Waals surface area contributed by atoms with E-state index in [-0.39, 0.29) is 6.04 Å². The van der Waals surface area contributed by atoms with Crippen LogP contribution in [-0.4, -0.2) is 9.78 Å². The summed E-state index contributed by atoms with van der Waals surface area (Å²) in [5.41, 5.74) is 9.34. The van der Waals surface area contributed by atoms with Crippen LogP contribution in [0.4, 0.5) is 0 Å². The topological polar surface area (TPSA) is 43.8 Å². The van der Waals surface area contributed by atoms with Gasteiger partial charge in [0, 0.05) is 28.2 Å². The lowest BCUT2D eigenvalue weighted by atomic mass is 10.0. The molecule has 0 bridgehead atoms. The van der Waals surface area contributed by atoms with E-state index in [1.807, 2.05) is 29.9 Å². The molecule has 0 aliphatic heterocycles. The molecule has 0 saturated heterocycles. The van der Waals surface area contributed by atoms with Gasteiger partial charge in [-0.25, -0.2) is 0 Å². The Morgan fingerprint density at radius 1 is 1.47 bits per heavy atom. The number of nitrogens with two attached hydrogens (primary N) is 1. The van der Waals surface area contributed by atoms with E-state index in [1.54, 1.807) is 0 Å². The summed E-state index contributed by atoms with van der Waals surface area (Å²) in [6, 6.07) is 8.21. The zero-order valence-corrected chi connectivity index (χ0v) is 11.6. The predicted octanol–water partition coefficient (Wildman–Crippen LogP) is 3.35. The summed E-state index contributed by atoms with van der Waals surface area (Å²) in [7, 11) is 0. The lowest BCUT2D eigenvalue weighted by molar-refractivity contribution is 0.666. The van der Waals surface area contributed by atoms with E-state index in [0.29, 0.717) is 0 Å². The van der Waals surface area contributed by atoms with E-state index in [9.17, 15) is 0 Å². The summed E-state index contributed by atoms with van der Waals surface area (Å²) in [6.45, 7) is 4.91. The van der Waals surface area contributed by atoms with Crippen LogP contribution in [0.5, 0.6) is 0 Å². The van der Waals surface area contributed by atoms with Gasteiger partial charge in [0.25, 0.3) is 0 Å². The molecule has 1 unspecified atom stereocenters. The van der Waals surface area contributed by atoms with Crippen molar-refractivity contribution in [2.75, 3.05) is 0 Å². The molecule has 90 valence electrons. The maximum absolute atomic E-state index is 5.99. The van der Waals surface area contributed by atoms with E-state index in [2.05, 4.69) is 40.1 Å². The number of aromatic nitrogens is 2. The third-order valence-electron chi connectivity index (χ3n) is 2.76. The van der Waals surface area contributed by atoms with Crippen LogP contribution >= 0.6 is 15.9 Å². The number of hydrogen-bond acceptors (Lipinski definition) is 2. The van der Waals surface area contributed by atoms with E-state index in [1.165, 1.54) is 0 Å². The first-order valence-corrected chi connectivity index (χ1v) is 6.50. The minimum Gasteiger partial charge on any atom is -0.324 e. The van der Waals surface area contributed by atoms with Gasteiger partial charge < -0.3 is 5.73 Å². The minimum atomic E-state index is -0.00992. The van der Waals surface area contributed by atoms with Crippen LogP contribution in [0.1, 0.15) is 25.5 Å². The zero-order chi connectivity index (χ0) is 12.4. The first-order chi connectivity index (χ1) is 8.13. The molecule has 2 N–H and O–H groups in total. The molecule has 0 radical (unpaired) electrons. The fourth-order valence-corrected chi connectivity index (χ4v) is 2.32. The van der Waals surface area contributed by atoms with Crippen LogP contribution in [0.2, 0.25) is 0 Å². The number of aryl methyl sites for hydroxylation is 1. The van der Waals surface area contributed by atoms with Crippen LogP contribution in [0.3, 0.4) is 0 Å². The van der Waals surface area contributed by atoms with Gasteiger partial charge >= 0.3 is 0 Å². The average Bonchev–Trinajstić information content (AvgIpc) is 2.72. The van der Waals surface area contributed by atoms with Crippen LogP contribution < -0.4 is 5.73 Å². The van der Waals surface area contributed by atoms with Crippen LogP contribution in [0.25, 0.3) is 11.3 Å². The summed E-state index contributed by atoms with van der Waals surface area (Å²) in [6.07, 6.45) is 1.87. The van der Waals surface area contributed by atoms with Crippen molar-refractivity contribution >= 4 is 15.9 Å². The molecule has 2 rings (SSSR count). The lowest BCUT2D eigenvalue weighted by Crippen LogP contribution is -2.07. The van der Waals surface area contributed by atoms with E-state index >= 15 is 0 Å². The Balaban J connectivity index is 2.60. The molecule has 1 aromatic carbocycles. The standard InChI is InChI=1S/C13H16BrN3/c1-3-17-13(12(8-16-17)9(2)15)10-5-4-6-11(14)7-10/h4-9H,3,15H2,1-2H3. The van der Waals surface area contributed by atoms with Crippen LogP contribution in [0, 0.1) is 0 Å². The van der Waals surface area contributed by atoms with Crippen LogP contribution in [0.15, 0.2) is 34.9 Å². The molecule has 0 aliphatic carbocycles. The van der Waals surface area contributed by atoms with Crippen molar-refractivity contribution in [2.24, 2.45) is 5.73 Å². The second-order valence-corrected chi connectivity index (χ2v) is 4.98. The van der Waals surface area contributed by atoms with Crippen molar-refractivity contribution in [3.63, 3.8) is 0 Å². The van der Waals surface area contributed by atoms with Crippen molar-refractivity contribution in [3.05, 3.63) is 40.5 Å². The predicted molar refractivity (Wildman–Crippen MR) is 73.6 cm³/mol. The minimum absolute atomic E-state index is 0.00992. The summed E-state index contributed by atoms with van der Waals surface area (Å²) < 4.78 is 3.05. The summed E-state index contributed by atoms with van der Waals surface area (Å²) >= 11 is 3.49. The van der Waals surface area contributed by atoms with Gasteiger partial charge in [-0.2, -0.15) is 5.10 Å². The Bertz CT molecular complexity index is 517. The van der Waals surface area contributed by atoms with E-state index in [0.717, 1.165) is 27.8 Å². The summed E-state index contributed by atoms with van der Waals surface area (Å²) in [5.74, 6) is 0. The van der Waals surface area contributed by atoms with Crippen molar-refractivity contribution in [3.8, 4) is 11.3 Å². The second-order valence-electron chi connectivity index (χ2n) is 4.06. The van der Waals surface area contributed by atoms with Crippen molar-refractivity contribution < 1.29 is 0 Å². The molecule has 2 aromatic rings. The second kappa shape index (κ2) is 5.02. The maximum Gasteiger partial charge on any atom is 0.0730 e. The largest absolute Gasteiger partial charge is 0.324 e. The highest BCUT2D eigenvalue weighted by molar-refractivity contribution is 9.10. The Hall–Kier alpha value is -1.13. The van der Waals surface area contributed by atoms with Crippen molar-refractivity contribution in [2.45, 2.75) is 26.4 Å². The van der Waals surface area contributed by atoms with Gasteiger partial charge in [-0.05, 0) is 26.0 Å². The molecular weight excluding hydrogens is 278 g/mol. The third kappa shape index (κ3) is 2.42. The normalized spacial score (nSPS) is 12.7. The highest BCUT2D eigenvalue weighted by Crippen LogP contribution is 2.29. The molecule has 0 amide bonds. The van der Waals surface area contributed by atoms with Gasteiger partial charge in [0.2, 0.25) is 0 Å². The number of nitrogens with zero attached hydrogens (tertiary/aromatic N) is 2. The highest BCUT2D eigenvalue weighted by Gasteiger charge is 2.14. The molecule has 0 aliphatic rings. The Labute approximate surface area is 110 Å². The van der Waals surface area contributed by atoms with E-state index < -0.39 is 0 Å². The number of rotatable bonds is 3. The number of benzene rings is 1. The molecule has 0 fully saturated rings. The number of hydrogen-bond donors (Lipinski definition) is 1. The molecule has 17 heavy (non-hydrogen) atoms. The fourth-order valence-electron chi connectivity index (χ4n) is 1.92. The molecule has 0 spiro atoms. The fraction of sp³-hybridized carbons (Fsp3) is 0.308. The number of halogens is 1. The first kappa shape index (κ1) is 12.3. The summed E-state index contributed by atoms with van der Waals surface area (Å²) in [4.78, 5) is 0. The van der Waals surface area contributed by atoms with E-state index in [4.69, 9.17) is 5.73 Å². The van der Waals surface area contributed by atoms with Crippen molar-refractivity contribution in [1.82, 2.24) is 9.78 Å². The quantitative estimate of drug-likeness (QED) is 0.943. The maximum atomic E-state index is 5.99. The monoisotopic (exact) mass is 293 g/mol. The Morgan fingerprint density at radius 3 is 2.82 bits per heavy atom. The van der Waals surface area contributed by atoms with Gasteiger partial charge in [0.05, 0.1) is 11.9 Å². The molecule has 1 heterocycles.